The Hall–Kier alpha value is -1.42. The zero-order chi connectivity index (χ0) is 20.5. The van der Waals surface area contributed by atoms with Gasteiger partial charge >= 0.3 is 0 Å². The van der Waals surface area contributed by atoms with Crippen LogP contribution in [0.15, 0.2) is 36.4 Å². The Kier molecular flexibility index (Phi) is 6.13. The molecule has 30 heavy (non-hydrogen) atoms. The van der Waals surface area contributed by atoms with E-state index >= 15 is 0 Å². The van der Waals surface area contributed by atoms with E-state index in [-0.39, 0.29) is 0 Å². The van der Waals surface area contributed by atoms with E-state index in [0.29, 0.717) is 0 Å². The highest BCUT2D eigenvalue weighted by atomic mass is 32.1. The molecule has 0 bridgehead atoms. The van der Waals surface area contributed by atoms with Crippen molar-refractivity contribution in [3.05, 3.63) is 47.5 Å². The molecule has 0 aliphatic carbocycles. The highest BCUT2D eigenvalue weighted by Crippen LogP contribution is 2.50. The molecule has 3 aromatic heterocycles. The van der Waals surface area contributed by atoms with E-state index in [1.165, 1.54) is 108 Å². The van der Waals surface area contributed by atoms with Crippen LogP contribution in [0.4, 0.5) is 0 Å². The fourth-order valence-corrected chi connectivity index (χ4v) is 8.95. The molecule has 0 fully saturated rings. The molecule has 0 N–H and O–H groups in total. The Morgan fingerprint density at radius 1 is 0.600 bits per heavy atom. The third-order valence-corrected chi connectivity index (χ3v) is 10.2. The minimum atomic E-state index is 1.23. The van der Waals surface area contributed by atoms with Gasteiger partial charge in [0.15, 0.2) is 0 Å². The summed E-state index contributed by atoms with van der Waals surface area (Å²) in [4.78, 5) is 0. The van der Waals surface area contributed by atoms with E-state index in [9.17, 15) is 0 Å². The van der Waals surface area contributed by atoms with Crippen molar-refractivity contribution in [1.29, 1.82) is 0 Å². The maximum Gasteiger partial charge on any atom is 0.0642 e. The maximum absolute atomic E-state index is 2.47. The Balaban J connectivity index is 1.32. The molecule has 0 radical (unpaired) electrons. The molecule has 5 rings (SSSR count). The van der Waals surface area contributed by atoms with Crippen molar-refractivity contribution < 1.29 is 0 Å². The first-order valence-corrected chi connectivity index (χ1v) is 14.0. The van der Waals surface area contributed by atoms with Crippen LogP contribution in [0.25, 0.3) is 39.0 Å². The molecule has 3 heterocycles. The number of unbranched alkanes of at least 4 members (excludes halogenated alkanes) is 7. The molecule has 0 spiro atoms. The molecule has 0 amide bonds. The van der Waals surface area contributed by atoms with Gasteiger partial charge in [-0.2, -0.15) is 0 Å². The lowest BCUT2D eigenvalue weighted by atomic mass is 10.0. The molecule has 5 aromatic rings. The number of benzene rings is 2. The first kappa shape index (κ1) is 20.5. The summed E-state index contributed by atoms with van der Waals surface area (Å²) < 4.78 is 8.91. The molecular formula is C27H30S3. The summed E-state index contributed by atoms with van der Waals surface area (Å²) in [6, 6.07) is 14.1. The van der Waals surface area contributed by atoms with Crippen LogP contribution in [0.5, 0.6) is 0 Å². The molecule has 0 aliphatic rings. The topological polar surface area (TPSA) is 0 Å². The smallest absolute Gasteiger partial charge is 0.0642 e. The predicted octanol–water partition coefficient (Wildman–Crippen LogP) is 10.5. The van der Waals surface area contributed by atoms with Gasteiger partial charge in [0.1, 0.15) is 0 Å². The van der Waals surface area contributed by atoms with Gasteiger partial charge in [-0.3, -0.25) is 0 Å². The average Bonchev–Trinajstić information content (AvgIpc) is 3.37. The van der Waals surface area contributed by atoms with Crippen molar-refractivity contribution in [3.8, 4) is 0 Å². The predicted molar refractivity (Wildman–Crippen MR) is 141 cm³/mol. The Morgan fingerprint density at radius 3 is 1.90 bits per heavy atom. The van der Waals surface area contributed by atoms with Crippen LogP contribution in [0.1, 0.15) is 69.4 Å². The Morgan fingerprint density at radius 2 is 1.20 bits per heavy atom. The largest absolute Gasteiger partial charge is 0.133 e. The first-order chi connectivity index (χ1) is 14.7. The lowest BCUT2D eigenvalue weighted by Gasteiger charge is -2.03. The van der Waals surface area contributed by atoms with Gasteiger partial charge in [0.2, 0.25) is 0 Å². The fraction of sp³-hybridized carbons (Fsp3) is 0.407. The SMILES string of the molecule is CCCCCCCCCCc1ccc2c(c1)sc1c2sc2c3ccc(C)cc3sc21. The molecule has 156 valence electrons. The summed E-state index contributed by atoms with van der Waals surface area (Å²) in [6.07, 6.45) is 12.4. The molecular weight excluding hydrogens is 420 g/mol. The van der Waals surface area contributed by atoms with Crippen LogP contribution >= 0.6 is 34.0 Å². The number of aryl methyl sites for hydroxylation is 2. The summed E-state index contributed by atoms with van der Waals surface area (Å²) in [5.41, 5.74) is 2.88. The number of rotatable bonds is 9. The molecule has 0 saturated heterocycles. The number of thiophene rings is 3. The van der Waals surface area contributed by atoms with Gasteiger partial charge in [-0.05, 0) is 43.0 Å². The molecule has 0 nitrogen and oxygen atoms in total. The van der Waals surface area contributed by atoms with Crippen molar-refractivity contribution in [2.75, 3.05) is 0 Å². The van der Waals surface area contributed by atoms with Gasteiger partial charge < -0.3 is 0 Å². The fourth-order valence-electron chi connectivity index (χ4n) is 4.52. The summed E-state index contributed by atoms with van der Waals surface area (Å²) in [6.45, 7) is 4.48. The number of hydrogen-bond acceptors (Lipinski definition) is 3. The summed E-state index contributed by atoms with van der Waals surface area (Å²) in [7, 11) is 0. The normalized spacial score (nSPS) is 12.2. The van der Waals surface area contributed by atoms with Gasteiger partial charge in [0, 0.05) is 20.2 Å². The molecule has 3 heteroatoms. The van der Waals surface area contributed by atoms with E-state index in [1.807, 2.05) is 34.0 Å². The second kappa shape index (κ2) is 8.98. The van der Waals surface area contributed by atoms with E-state index in [2.05, 4.69) is 50.2 Å². The highest BCUT2D eigenvalue weighted by Gasteiger charge is 2.16. The summed E-state index contributed by atoms with van der Waals surface area (Å²) >= 11 is 5.98. The lowest BCUT2D eigenvalue weighted by molar-refractivity contribution is 0.575. The van der Waals surface area contributed by atoms with Gasteiger partial charge in [0.25, 0.3) is 0 Å². The average molecular weight is 451 g/mol. The van der Waals surface area contributed by atoms with Crippen molar-refractivity contribution in [2.24, 2.45) is 0 Å². The van der Waals surface area contributed by atoms with E-state index < -0.39 is 0 Å². The summed E-state index contributed by atoms with van der Waals surface area (Å²) in [5, 5.41) is 2.90. The van der Waals surface area contributed by atoms with E-state index in [1.54, 1.807) is 0 Å². The number of hydrogen-bond donors (Lipinski definition) is 0. The van der Waals surface area contributed by atoms with Crippen LogP contribution in [0.3, 0.4) is 0 Å². The van der Waals surface area contributed by atoms with Crippen molar-refractivity contribution >= 4 is 73.0 Å². The van der Waals surface area contributed by atoms with Crippen molar-refractivity contribution in [1.82, 2.24) is 0 Å². The van der Waals surface area contributed by atoms with Crippen molar-refractivity contribution in [2.45, 2.75) is 71.6 Å². The second-order valence-corrected chi connectivity index (χ2v) is 11.8. The van der Waals surface area contributed by atoms with Gasteiger partial charge in [0.05, 0.1) is 18.8 Å². The molecule has 0 unspecified atom stereocenters. The van der Waals surface area contributed by atoms with Crippen LogP contribution in [0.2, 0.25) is 0 Å². The molecule has 0 aliphatic heterocycles. The lowest BCUT2D eigenvalue weighted by Crippen LogP contribution is -1.86. The maximum atomic E-state index is 2.47. The van der Waals surface area contributed by atoms with Gasteiger partial charge in [-0.25, -0.2) is 0 Å². The van der Waals surface area contributed by atoms with Crippen LogP contribution < -0.4 is 0 Å². The van der Waals surface area contributed by atoms with Crippen LogP contribution in [0, 0.1) is 6.92 Å². The second-order valence-electron chi connectivity index (χ2n) is 8.68. The first-order valence-electron chi connectivity index (χ1n) is 11.5. The Bertz CT molecular complexity index is 1300. The quantitative estimate of drug-likeness (QED) is 0.196. The molecule has 2 aromatic carbocycles. The monoisotopic (exact) mass is 450 g/mol. The van der Waals surface area contributed by atoms with Gasteiger partial charge in [-0.1, -0.05) is 76.1 Å². The Labute approximate surface area is 191 Å². The third-order valence-electron chi connectivity index (χ3n) is 6.24. The van der Waals surface area contributed by atoms with Crippen LogP contribution in [-0.4, -0.2) is 0 Å². The standard InChI is InChI=1S/C27H30S3/c1-3-4-5-6-7-8-9-10-11-19-13-15-21-23(17-19)29-27-25(21)30-24-20-14-12-18(2)16-22(20)28-26(24)27/h12-17H,3-11H2,1-2H3. The van der Waals surface area contributed by atoms with Crippen molar-refractivity contribution in [3.63, 3.8) is 0 Å². The van der Waals surface area contributed by atoms with E-state index in [4.69, 9.17) is 0 Å². The summed E-state index contributed by atoms with van der Waals surface area (Å²) in [5.74, 6) is 0. The third kappa shape index (κ3) is 3.92. The van der Waals surface area contributed by atoms with Gasteiger partial charge in [-0.15, -0.1) is 34.0 Å². The highest BCUT2D eigenvalue weighted by molar-refractivity contribution is 7.43. The van der Waals surface area contributed by atoms with Crippen LogP contribution in [-0.2, 0) is 6.42 Å². The minimum absolute atomic E-state index is 1.23. The zero-order valence-electron chi connectivity index (χ0n) is 18.1. The molecule has 0 atom stereocenters. The zero-order valence-corrected chi connectivity index (χ0v) is 20.5. The minimum Gasteiger partial charge on any atom is -0.133 e. The molecule has 0 saturated carbocycles. The number of fused-ring (bicyclic) bond motifs is 7. The van der Waals surface area contributed by atoms with E-state index in [0.717, 1.165) is 0 Å².